The van der Waals surface area contributed by atoms with Gasteiger partial charge in [-0.15, -0.1) is 5.73 Å². The molecule has 2 heterocycles. The number of nitrogens with zero attached hydrogens (tertiary/aromatic N) is 2. The Balaban J connectivity index is 2.45. The third kappa shape index (κ3) is 2.17. The molecule has 0 saturated carbocycles. The maximum atomic E-state index is 14.5. The molecule has 0 amide bonds. The van der Waals surface area contributed by atoms with E-state index in [1.54, 1.807) is 13.0 Å². The van der Waals surface area contributed by atoms with E-state index in [1.807, 2.05) is 6.92 Å². The fourth-order valence-electron chi connectivity index (χ4n) is 2.59. The Kier molecular flexibility index (Phi) is 3.79. The lowest BCUT2D eigenvalue weighted by Gasteiger charge is -2.27. The largest absolute Gasteiger partial charge is 0.383 e. The van der Waals surface area contributed by atoms with Crippen LogP contribution in [-0.2, 0) is 4.74 Å². The molecule has 2 rings (SSSR count). The third-order valence-corrected chi connectivity index (χ3v) is 3.89. The van der Waals surface area contributed by atoms with Gasteiger partial charge in [0, 0.05) is 12.1 Å². The molecule has 108 valence electrons. The van der Waals surface area contributed by atoms with Gasteiger partial charge in [0.05, 0.1) is 0 Å². The highest BCUT2D eigenvalue weighted by molar-refractivity contribution is 5.23. The first-order chi connectivity index (χ1) is 9.45. The van der Waals surface area contributed by atoms with Crippen molar-refractivity contribution in [1.82, 2.24) is 9.55 Å². The monoisotopic (exact) mass is 279 g/mol. The van der Waals surface area contributed by atoms with E-state index in [1.165, 1.54) is 12.3 Å². The average molecular weight is 279 g/mol. The Labute approximate surface area is 116 Å². The zero-order valence-corrected chi connectivity index (χ0v) is 11.5. The third-order valence-electron chi connectivity index (χ3n) is 3.89. The highest BCUT2D eigenvalue weighted by Gasteiger charge is 2.52. The number of aromatic nitrogens is 2. The van der Waals surface area contributed by atoms with Crippen molar-refractivity contribution in [3.63, 3.8) is 0 Å². The summed E-state index contributed by atoms with van der Waals surface area (Å²) in [6.07, 6.45) is 1.24. The summed E-state index contributed by atoms with van der Waals surface area (Å²) in [5, 5.41) is 0. The number of hydrogen-bond donors (Lipinski definition) is 1. The second-order valence-electron chi connectivity index (χ2n) is 4.94. The van der Waals surface area contributed by atoms with Crippen LogP contribution in [0.1, 0.15) is 26.5 Å². The zero-order chi connectivity index (χ0) is 14.9. The van der Waals surface area contributed by atoms with E-state index in [2.05, 4.69) is 17.3 Å². The molecule has 0 spiro atoms. The van der Waals surface area contributed by atoms with Gasteiger partial charge in [-0.05, 0) is 18.6 Å². The van der Waals surface area contributed by atoms with Crippen LogP contribution >= 0.6 is 0 Å². The molecule has 1 aromatic rings. The van der Waals surface area contributed by atoms with Crippen molar-refractivity contribution in [3.05, 3.63) is 41.1 Å². The van der Waals surface area contributed by atoms with E-state index in [9.17, 15) is 9.18 Å². The molecule has 1 fully saturated rings. The van der Waals surface area contributed by atoms with Gasteiger partial charge in [-0.3, -0.25) is 4.57 Å². The minimum Gasteiger partial charge on any atom is -0.383 e. The van der Waals surface area contributed by atoms with E-state index in [0.29, 0.717) is 6.42 Å². The quantitative estimate of drug-likeness (QED) is 0.857. The normalized spacial score (nSPS) is 32.9. The zero-order valence-electron chi connectivity index (χ0n) is 11.5. The Bertz CT molecular complexity index is 609. The van der Waals surface area contributed by atoms with Gasteiger partial charge >= 0.3 is 5.69 Å². The van der Waals surface area contributed by atoms with Gasteiger partial charge in [0.25, 0.3) is 0 Å². The maximum Gasteiger partial charge on any atom is 0.351 e. The summed E-state index contributed by atoms with van der Waals surface area (Å²) in [5.41, 5.74) is 6.65. The number of ether oxygens (including phenoxy) is 1. The van der Waals surface area contributed by atoms with Crippen LogP contribution in [0.25, 0.3) is 0 Å². The van der Waals surface area contributed by atoms with Crippen molar-refractivity contribution in [3.8, 4) is 0 Å². The van der Waals surface area contributed by atoms with Crippen LogP contribution in [0.5, 0.6) is 0 Å². The lowest BCUT2D eigenvalue weighted by atomic mass is 9.85. The fourth-order valence-corrected chi connectivity index (χ4v) is 2.59. The van der Waals surface area contributed by atoms with Crippen LogP contribution in [0.4, 0.5) is 10.2 Å². The molecule has 2 N–H and O–H groups in total. The average Bonchev–Trinajstić information content (AvgIpc) is 2.65. The van der Waals surface area contributed by atoms with Gasteiger partial charge < -0.3 is 10.5 Å². The van der Waals surface area contributed by atoms with E-state index in [0.717, 1.165) is 4.57 Å². The molecule has 1 aliphatic rings. The van der Waals surface area contributed by atoms with Gasteiger partial charge in [-0.2, -0.15) is 4.98 Å². The van der Waals surface area contributed by atoms with E-state index in [-0.39, 0.29) is 5.82 Å². The van der Waals surface area contributed by atoms with Crippen LogP contribution in [0, 0.1) is 5.92 Å². The Morgan fingerprint density at radius 3 is 3.00 bits per heavy atom. The summed E-state index contributed by atoms with van der Waals surface area (Å²) >= 11 is 0. The van der Waals surface area contributed by atoms with Crippen molar-refractivity contribution in [2.24, 2.45) is 5.92 Å². The van der Waals surface area contributed by atoms with Crippen molar-refractivity contribution in [2.75, 3.05) is 5.73 Å². The molecule has 0 unspecified atom stereocenters. The number of rotatable bonds is 3. The molecular weight excluding hydrogens is 261 g/mol. The van der Waals surface area contributed by atoms with Gasteiger partial charge in [0.15, 0.2) is 12.4 Å². The topological polar surface area (TPSA) is 70.1 Å². The molecular formula is C14H18FN3O2. The SMILES string of the molecule is C=C=C[C@]1(CC)O[C@@H](n2ccc(N)nc2=O)[C@H](F)[C@@H]1C. The second-order valence-corrected chi connectivity index (χ2v) is 4.94. The number of halogens is 1. The number of nitrogen functional groups attached to an aromatic ring is 1. The summed E-state index contributed by atoms with van der Waals surface area (Å²) in [6.45, 7) is 7.16. The summed E-state index contributed by atoms with van der Waals surface area (Å²) in [7, 11) is 0. The number of anilines is 1. The van der Waals surface area contributed by atoms with Gasteiger partial charge in [0.1, 0.15) is 11.4 Å². The molecule has 0 bridgehead atoms. The minimum absolute atomic E-state index is 0.0976. The van der Waals surface area contributed by atoms with Crippen molar-refractivity contribution in [2.45, 2.75) is 38.3 Å². The van der Waals surface area contributed by atoms with Gasteiger partial charge in [0.2, 0.25) is 0 Å². The molecule has 1 aromatic heterocycles. The molecule has 1 aliphatic heterocycles. The maximum absolute atomic E-state index is 14.5. The van der Waals surface area contributed by atoms with Crippen LogP contribution in [-0.4, -0.2) is 21.3 Å². The van der Waals surface area contributed by atoms with Crippen molar-refractivity contribution < 1.29 is 9.13 Å². The molecule has 5 nitrogen and oxygen atoms in total. The first-order valence-electron chi connectivity index (χ1n) is 6.48. The van der Waals surface area contributed by atoms with Crippen LogP contribution in [0.3, 0.4) is 0 Å². The summed E-state index contributed by atoms with van der Waals surface area (Å²) in [5.74, 6) is -0.323. The van der Waals surface area contributed by atoms with Crippen LogP contribution in [0.2, 0.25) is 0 Å². The predicted molar refractivity (Wildman–Crippen MR) is 73.8 cm³/mol. The van der Waals surface area contributed by atoms with Crippen molar-refractivity contribution in [1.29, 1.82) is 0 Å². The summed E-state index contributed by atoms with van der Waals surface area (Å²) in [6, 6.07) is 1.44. The molecule has 1 saturated heterocycles. The van der Waals surface area contributed by atoms with Crippen molar-refractivity contribution >= 4 is 5.82 Å². The smallest absolute Gasteiger partial charge is 0.351 e. The lowest BCUT2D eigenvalue weighted by Crippen LogP contribution is -2.32. The molecule has 6 heteroatoms. The first-order valence-corrected chi connectivity index (χ1v) is 6.48. The second kappa shape index (κ2) is 5.23. The Morgan fingerprint density at radius 1 is 1.75 bits per heavy atom. The first kappa shape index (κ1) is 14.5. The molecule has 0 aromatic carbocycles. The fraction of sp³-hybridized carbons (Fsp3) is 0.500. The molecule has 0 aliphatic carbocycles. The predicted octanol–water partition coefficient (Wildman–Crippen LogP) is 1.82. The molecule has 4 atom stereocenters. The molecule has 0 radical (unpaired) electrons. The van der Waals surface area contributed by atoms with E-state index in [4.69, 9.17) is 10.5 Å². The van der Waals surface area contributed by atoms with Crippen LogP contribution < -0.4 is 11.4 Å². The van der Waals surface area contributed by atoms with E-state index < -0.39 is 29.6 Å². The summed E-state index contributed by atoms with van der Waals surface area (Å²) < 4.78 is 21.5. The van der Waals surface area contributed by atoms with Gasteiger partial charge in [-0.25, -0.2) is 9.18 Å². The lowest BCUT2D eigenvalue weighted by molar-refractivity contribution is -0.0640. The number of nitrogens with two attached hydrogens (primary N) is 1. The highest BCUT2D eigenvalue weighted by atomic mass is 19.1. The summed E-state index contributed by atoms with van der Waals surface area (Å²) in [4.78, 5) is 15.4. The Hall–Kier alpha value is -1.91. The highest BCUT2D eigenvalue weighted by Crippen LogP contribution is 2.45. The number of hydrogen-bond acceptors (Lipinski definition) is 4. The van der Waals surface area contributed by atoms with Gasteiger partial charge in [-0.1, -0.05) is 20.4 Å². The standard InChI is InChI=1S/C14H18FN3O2/c1-4-7-14(5-2)9(3)11(15)12(20-14)18-8-6-10(16)17-13(18)19/h6-9,11-12H,1,5H2,2-3H3,(H2,16,17,19)/t9-,11+,12+,14-/m0/s1. The number of alkyl halides is 1. The van der Waals surface area contributed by atoms with E-state index >= 15 is 0 Å². The minimum atomic E-state index is -1.33. The van der Waals surface area contributed by atoms with Crippen LogP contribution in [0.15, 0.2) is 35.4 Å². The molecule has 20 heavy (non-hydrogen) atoms. The Morgan fingerprint density at radius 2 is 2.45 bits per heavy atom.